The second-order valence-corrected chi connectivity index (χ2v) is 4.82. The van der Waals surface area contributed by atoms with Gasteiger partial charge in [-0.2, -0.15) is 0 Å². The van der Waals surface area contributed by atoms with Gasteiger partial charge < -0.3 is 13.7 Å². The van der Waals surface area contributed by atoms with E-state index in [1.807, 2.05) is 35.0 Å². The van der Waals surface area contributed by atoms with Gasteiger partial charge in [0.15, 0.2) is 17.3 Å². The molecule has 108 valence electrons. The van der Waals surface area contributed by atoms with Gasteiger partial charge in [0, 0.05) is 22.7 Å². The predicted molar refractivity (Wildman–Crippen MR) is 79.1 cm³/mol. The van der Waals surface area contributed by atoms with Gasteiger partial charge in [-0.3, -0.25) is 4.79 Å². The fourth-order valence-corrected chi connectivity index (χ4v) is 2.50. The predicted octanol–water partition coefficient (Wildman–Crippen LogP) is 3.51. The van der Waals surface area contributed by atoms with Crippen LogP contribution in [0.25, 0.3) is 22.2 Å². The first kappa shape index (κ1) is 13.7. The van der Waals surface area contributed by atoms with Crippen LogP contribution in [0, 0.1) is 0 Å². The third-order valence-electron chi connectivity index (χ3n) is 3.16. The fourth-order valence-electron chi connectivity index (χ4n) is 2.31. The van der Waals surface area contributed by atoms with Crippen LogP contribution in [-0.4, -0.2) is 22.1 Å². The van der Waals surface area contributed by atoms with E-state index in [1.54, 1.807) is 6.92 Å². The summed E-state index contributed by atoms with van der Waals surface area (Å²) < 4.78 is 12.2. The van der Waals surface area contributed by atoms with Gasteiger partial charge in [-0.25, -0.2) is 4.98 Å². The Morgan fingerprint density at radius 3 is 2.95 bits per heavy atom. The van der Waals surface area contributed by atoms with E-state index < -0.39 is 0 Å². The molecule has 0 aliphatic carbocycles. The van der Waals surface area contributed by atoms with Crippen molar-refractivity contribution in [3.05, 3.63) is 42.0 Å². The van der Waals surface area contributed by atoms with Crippen LogP contribution in [0.15, 0.2) is 41.3 Å². The number of hydrogen-bond acceptors (Lipinski definition) is 4. The van der Waals surface area contributed by atoms with Crippen LogP contribution in [0.5, 0.6) is 0 Å². The molecular formula is C15H13ClN2O3. The minimum Gasteiger partial charge on any atom is -0.465 e. The Kier molecular flexibility index (Phi) is 3.66. The maximum absolute atomic E-state index is 11.7. The lowest BCUT2D eigenvalue weighted by Gasteiger charge is -2.04. The highest BCUT2D eigenvalue weighted by Crippen LogP contribution is 2.34. The van der Waals surface area contributed by atoms with Crippen LogP contribution < -0.4 is 0 Å². The van der Waals surface area contributed by atoms with Crippen LogP contribution in [0.1, 0.15) is 6.92 Å². The molecule has 0 bridgehead atoms. The number of oxazole rings is 1. The second kappa shape index (κ2) is 5.61. The smallest absolute Gasteiger partial charge is 0.325 e. The van der Waals surface area contributed by atoms with Gasteiger partial charge in [-0.05, 0) is 13.0 Å². The fraction of sp³-hybridized carbons (Fsp3) is 0.200. The maximum atomic E-state index is 11.7. The van der Waals surface area contributed by atoms with Crippen molar-refractivity contribution in [2.24, 2.45) is 0 Å². The van der Waals surface area contributed by atoms with E-state index in [9.17, 15) is 4.79 Å². The molecule has 0 saturated carbocycles. The molecule has 0 amide bonds. The summed E-state index contributed by atoms with van der Waals surface area (Å²) in [5.41, 5.74) is 1.71. The number of fused-ring (bicyclic) bond motifs is 1. The van der Waals surface area contributed by atoms with Gasteiger partial charge in [0.2, 0.25) is 0 Å². The van der Waals surface area contributed by atoms with E-state index in [0.717, 1.165) is 16.5 Å². The SMILES string of the molecule is CCOC(=O)Cn1cc(-c2ocnc2Cl)c2ccccc21. The summed E-state index contributed by atoms with van der Waals surface area (Å²) in [6.45, 7) is 2.28. The quantitative estimate of drug-likeness (QED) is 0.692. The lowest BCUT2D eigenvalue weighted by atomic mass is 10.1. The van der Waals surface area contributed by atoms with Gasteiger partial charge in [0.1, 0.15) is 6.54 Å². The Bertz CT molecular complexity index is 791. The number of esters is 1. The van der Waals surface area contributed by atoms with Crippen LogP contribution in [-0.2, 0) is 16.1 Å². The molecule has 0 unspecified atom stereocenters. The van der Waals surface area contributed by atoms with Crippen LogP contribution >= 0.6 is 11.6 Å². The molecule has 0 atom stereocenters. The second-order valence-electron chi connectivity index (χ2n) is 4.47. The Balaban J connectivity index is 2.10. The molecule has 6 heteroatoms. The Morgan fingerprint density at radius 1 is 1.43 bits per heavy atom. The van der Waals surface area contributed by atoms with E-state index in [1.165, 1.54) is 6.39 Å². The molecule has 21 heavy (non-hydrogen) atoms. The molecule has 0 aliphatic rings. The number of rotatable bonds is 4. The first-order chi connectivity index (χ1) is 10.2. The van der Waals surface area contributed by atoms with E-state index in [2.05, 4.69) is 4.98 Å². The zero-order chi connectivity index (χ0) is 14.8. The summed E-state index contributed by atoms with van der Waals surface area (Å²) in [4.78, 5) is 15.6. The Hall–Kier alpha value is -2.27. The van der Waals surface area contributed by atoms with Gasteiger partial charge >= 0.3 is 5.97 Å². The molecule has 0 N–H and O–H groups in total. The number of benzene rings is 1. The number of hydrogen-bond donors (Lipinski definition) is 0. The first-order valence-corrected chi connectivity index (χ1v) is 6.91. The van der Waals surface area contributed by atoms with Crippen molar-refractivity contribution in [2.45, 2.75) is 13.5 Å². The summed E-state index contributed by atoms with van der Waals surface area (Å²) in [7, 11) is 0. The van der Waals surface area contributed by atoms with E-state index in [-0.39, 0.29) is 12.5 Å². The molecular weight excluding hydrogens is 292 g/mol. The van der Waals surface area contributed by atoms with Crippen molar-refractivity contribution in [2.75, 3.05) is 6.61 Å². The highest BCUT2D eigenvalue weighted by atomic mass is 35.5. The van der Waals surface area contributed by atoms with Crippen LogP contribution in [0.4, 0.5) is 0 Å². The summed E-state index contributed by atoms with van der Waals surface area (Å²) in [6, 6.07) is 7.72. The third-order valence-corrected chi connectivity index (χ3v) is 3.43. The zero-order valence-electron chi connectivity index (χ0n) is 11.4. The van der Waals surface area contributed by atoms with Crippen LogP contribution in [0.2, 0.25) is 5.15 Å². The molecule has 0 aliphatic heterocycles. The average Bonchev–Trinajstić information content (AvgIpc) is 3.04. The Labute approximate surface area is 126 Å². The average molecular weight is 305 g/mol. The van der Waals surface area contributed by atoms with Gasteiger partial charge in [-0.1, -0.05) is 29.8 Å². The molecule has 0 radical (unpaired) electrons. The topological polar surface area (TPSA) is 57.3 Å². The zero-order valence-corrected chi connectivity index (χ0v) is 12.1. The monoisotopic (exact) mass is 304 g/mol. The van der Waals surface area contributed by atoms with Crippen molar-refractivity contribution < 1.29 is 13.9 Å². The van der Waals surface area contributed by atoms with Gasteiger partial charge in [0.25, 0.3) is 0 Å². The minimum absolute atomic E-state index is 0.139. The molecule has 1 aromatic carbocycles. The Morgan fingerprint density at radius 2 is 2.24 bits per heavy atom. The lowest BCUT2D eigenvalue weighted by Crippen LogP contribution is -2.12. The summed E-state index contributed by atoms with van der Waals surface area (Å²) in [6.07, 6.45) is 3.13. The molecule has 0 fully saturated rings. The number of ether oxygens (including phenoxy) is 1. The molecule has 2 heterocycles. The van der Waals surface area contributed by atoms with E-state index in [4.69, 9.17) is 20.8 Å². The van der Waals surface area contributed by atoms with Gasteiger partial charge in [-0.15, -0.1) is 0 Å². The number of carbonyl (C=O) groups excluding carboxylic acids is 1. The number of carbonyl (C=O) groups is 1. The molecule has 0 saturated heterocycles. The largest absolute Gasteiger partial charge is 0.465 e. The van der Waals surface area contributed by atoms with Crippen molar-refractivity contribution in [1.29, 1.82) is 0 Å². The molecule has 0 spiro atoms. The molecule has 3 rings (SSSR count). The summed E-state index contributed by atoms with van der Waals surface area (Å²) in [5.74, 6) is 0.212. The molecule has 3 aromatic rings. The normalized spacial score (nSPS) is 11.0. The van der Waals surface area contributed by atoms with Gasteiger partial charge in [0.05, 0.1) is 6.61 Å². The summed E-state index contributed by atoms with van der Waals surface area (Å²) in [5, 5.41) is 1.24. The standard InChI is InChI=1S/C15H13ClN2O3/c1-2-20-13(19)8-18-7-11(14-15(16)17-9-21-14)10-5-3-4-6-12(10)18/h3-7,9H,2,8H2,1H3. The molecule has 2 aromatic heterocycles. The van der Waals surface area contributed by atoms with Crippen molar-refractivity contribution >= 4 is 28.5 Å². The first-order valence-electron chi connectivity index (χ1n) is 6.53. The van der Waals surface area contributed by atoms with E-state index in [0.29, 0.717) is 17.5 Å². The summed E-state index contributed by atoms with van der Waals surface area (Å²) >= 11 is 6.03. The van der Waals surface area contributed by atoms with Crippen molar-refractivity contribution in [3.63, 3.8) is 0 Å². The highest BCUT2D eigenvalue weighted by Gasteiger charge is 2.17. The number of aromatic nitrogens is 2. The minimum atomic E-state index is -0.284. The number of halogens is 1. The molecule has 5 nitrogen and oxygen atoms in total. The number of para-hydroxylation sites is 1. The van der Waals surface area contributed by atoms with Crippen LogP contribution in [0.3, 0.4) is 0 Å². The maximum Gasteiger partial charge on any atom is 0.325 e. The van der Waals surface area contributed by atoms with Crippen molar-refractivity contribution in [1.82, 2.24) is 9.55 Å². The third kappa shape index (κ3) is 2.52. The van der Waals surface area contributed by atoms with E-state index >= 15 is 0 Å². The van der Waals surface area contributed by atoms with Crippen molar-refractivity contribution in [3.8, 4) is 11.3 Å². The highest BCUT2D eigenvalue weighted by molar-refractivity contribution is 6.32. The lowest BCUT2D eigenvalue weighted by molar-refractivity contribution is -0.143. The number of nitrogens with zero attached hydrogens (tertiary/aromatic N) is 2.